The molecule has 0 aliphatic carbocycles. The highest BCUT2D eigenvalue weighted by Gasteiger charge is 2.29. The van der Waals surface area contributed by atoms with Crippen LogP contribution in [0.15, 0.2) is 11.4 Å². The first-order valence-electron chi connectivity index (χ1n) is 3.70. The Kier molecular flexibility index (Phi) is 2.33. The number of Topliss-reactive ketones (excluding diaryl/α,β-unsaturated/α-hetero) is 1. The molecule has 0 atom stereocenters. The molecule has 0 saturated heterocycles. The summed E-state index contributed by atoms with van der Waals surface area (Å²) in [6, 6.07) is 1.82. The molecule has 66 valence electrons. The Hall–Kier alpha value is -0.700. The molecule has 0 spiro atoms. The van der Waals surface area contributed by atoms with E-state index in [1.165, 1.54) is 25.2 Å². The van der Waals surface area contributed by atoms with Gasteiger partial charge in [0.1, 0.15) is 0 Å². The van der Waals surface area contributed by atoms with Gasteiger partial charge in [-0.05, 0) is 37.8 Å². The van der Waals surface area contributed by atoms with Crippen molar-refractivity contribution in [3.63, 3.8) is 0 Å². The van der Waals surface area contributed by atoms with Gasteiger partial charge < -0.3 is 0 Å². The summed E-state index contributed by atoms with van der Waals surface area (Å²) in [4.78, 5) is 11.9. The first kappa shape index (κ1) is 9.39. The fourth-order valence-corrected chi connectivity index (χ4v) is 1.89. The van der Waals surface area contributed by atoms with Crippen molar-refractivity contribution in [1.82, 2.24) is 0 Å². The smallest absolute Gasteiger partial charge is 0.209 e. The van der Waals surface area contributed by atoms with Crippen molar-refractivity contribution < 1.29 is 9.18 Å². The van der Waals surface area contributed by atoms with Gasteiger partial charge in [0.05, 0.1) is 4.88 Å². The van der Waals surface area contributed by atoms with E-state index in [-0.39, 0.29) is 0 Å². The van der Waals surface area contributed by atoms with Gasteiger partial charge in [0.15, 0.2) is 5.67 Å². The number of aryl methyl sites for hydroxylation is 1. The van der Waals surface area contributed by atoms with E-state index < -0.39 is 11.5 Å². The highest BCUT2D eigenvalue weighted by Crippen LogP contribution is 2.23. The van der Waals surface area contributed by atoms with Gasteiger partial charge in [-0.15, -0.1) is 11.3 Å². The second-order valence-corrected chi connectivity index (χ2v) is 4.15. The molecule has 0 bridgehead atoms. The maximum Gasteiger partial charge on any atom is 0.209 e. The molecule has 0 aliphatic rings. The van der Waals surface area contributed by atoms with Crippen molar-refractivity contribution in [3.05, 3.63) is 21.9 Å². The van der Waals surface area contributed by atoms with Gasteiger partial charge in [-0.1, -0.05) is 0 Å². The second-order valence-electron chi connectivity index (χ2n) is 3.23. The van der Waals surface area contributed by atoms with Crippen molar-refractivity contribution >= 4 is 17.1 Å². The minimum atomic E-state index is -1.75. The first-order chi connectivity index (χ1) is 5.43. The lowest BCUT2D eigenvalue weighted by molar-refractivity contribution is 0.0764. The van der Waals surface area contributed by atoms with E-state index in [1.54, 1.807) is 5.38 Å². The molecule has 1 aromatic heterocycles. The molecule has 1 nitrogen and oxygen atoms in total. The standard InChI is InChI=1S/C9H11FOS/c1-6-4-5-12-7(6)8(11)9(2,3)10/h4-5H,1-3H3. The molecule has 3 heteroatoms. The highest BCUT2D eigenvalue weighted by atomic mass is 32.1. The fraction of sp³-hybridized carbons (Fsp3) is 0.444. The molecule has 0 unspecified atom stereocenters. The number of rotatable bonds is 2. The third-order valence-electron chi connectivity index (χ3n) is 1.61. The molecular formula is C9H11FOS. The summed E-state index contributed by atoms with van der Waals surface area (Å²) in [6.45, 7) is 4.39. The molecule has 0 aliphatic heterocycles. The number of hydrogen-bond donors (Lipinski definition) is 0. The van der Waals surface area contributed by atoms with Crippen LogP contribution in [-0.4, -0.2) is 11.5 Å². The van der Waals surface area contributed by atoms with Gasteiger partial charge in [-0.3, -0.25) is 4.79 Å². The zero-order valence-corrected chi connectivity index (χ0v) is 8.17. The SMILES string of the molecule is Cc1ccsc1C(=O)C(C)(C)F. The minimum absolute atomic E-state index is 0.421. The number of carbonyl (C=O) groups is 1. The fourth-order valence-electron chi connectivity index (χ4n) is 0.875. The van der Waals surface area contributed by atoms with Crippen molar-refractivity contribution in [1.29, 1.82) is 0 Å². The molecule has 1 heterocycles. The Morgan fingerprint density at radius 2 is 2.17 bits per heavy atom. The molecule has 12 heavy (non-hydrogen) atoms. The van der Waals surface area contributed by atoms with Crippen LogP contribution < -0.4 is 0 Å². The van der Waals surface area contributed by atoms with Crippen molar-refractivity contribution in [2.75, 3.05) is 0 Å². The van der Waals surface area contributed by atoms with Crippen LogP contribution in [-0.2, 0) is 0 Å². The number of hydrogen-bond acceptors (Lipinski definition) is 2. The molecule has 1 aromatic rings. The lowest BCUT2D eigenvalue weighted by Gasteiger charge is -2.11. The second kappa shape index (κ2) is 2.98. The maximum atomic E-state index is 13.2. The van der Waals surface area contributed by atoms with E-state index in [1.807, 2.05) is 13.0 Å². The Bertz CT molecular complexity index is 296. The predicted molar refractivity (Wildman–Crippen MR) is 48.6 cm³/mol. The quantitative estimate of drug-likeness (QED) is 0.649. The summed E-state index contributed by atoms with van der Waals surface area (Å²) in [5.74, 6) is -0.421. The van der Waals surface area contributed by atoms with Gasteiger partial charge in [-0.25, -0.2) is 4.39 Å². The molecule has 0 N–H and O–H groups in total. The summed E-state index contributed by atoms with van der Waals surface area (Å²) in [6.07, 6.45) is 0. The lowest BCUT2D eigenvalue weighted by atomic mass is 10.0. The summed E-state index contributed by atoms with van der Waals surface area (Å²) < 4.78 is 13.2. The van der Waals surface area contributed by atoms with Crippen LogP contribution >= 0.6 is 11.3 Å². The van der Waals surface area contributed by atoms with Crippen LogP contribution in [0.1, 0.15) is 29.1 Å². The normalized spacial score (nSPS) is 11.7. The van der Waals surface area contributed by atoms with Crippen LogP contribution in [0.4, 0.5) is 4.39 Å². The lowest BCUT2D eigenvalue weighted by Crippen LogP contribution is -2.25. The number of halogens is 1. The van der Waals surface area contributed by atoms with E-state index in [9.17, 15) is 9.18 Å². The van der Waals surface area contributed by atoms with Gasteiger partial charge in [0, 0.05) is 0 Å². The van der Waals surface area contributed by atoms with Crippen LogP contribution in [0, 0.1) is 6.92 Å². The van der Waals surface area contributed by atoms with Gasteiger partial charge in [0.2, 0.25) is 5.78 Å². The maximum absolute atomic E-state index is 13.2. The van der Waals surface area contributed by atoms with Gasteiger partial charge >= 0.3 is 0 Å². The molecular weight excluding hydrogens is 175 g/mol. The van der Waals surface area contributed by atoms with Gasteiger partial charge in [-0.2, -0.15) is 0 Å². The molecule has 0 radical (unpaired) electrons. The van der Waals surface area contributed by atoms with Crippen LogP contribution in [0.5, 0.6) is 0 Å². The number of alkyl halides is 1. The van der Waals surface area contributed by atoms with E-state index >= 15 is 0 Å². The van der Waals surface area contributed by atoms with Crippen molar-refractivity contribution in [2.45, 2.75) is 26.4 Å². The average molecular weight is 186 g/mol. The van der Waals surface area contributed by atoms with E-state index in [2.05, 4.69) is 0 Å². The minimum Gasteiger partial charge on any atom is -0.290 e. The Morgan fingerprint density at radius 3 is 2.50 bits per heavy atom. The van der Waals surface area contributed by atoms with Crippen molar-refractivity contribution in [2.24, 2.45) is 0 Å². The molecule has 1 rings (SSSR count). The van der Waals surface area contributed by atoms with E-state index in [4.69, 9.17) is 0 Å². The average Bonchev–Trinajstić information content (AvgIpc) is 2.31. The predicted octanol–water partition coefficient (Wildman–Crippen LogP) is 2.99. The third kappa shape index (κ3) is 1.72. The van der Waals surface area contributed by atoms with Crippen LogP contribution in [0.2, 0.25) is 0 Å². The van der Waals surface area contributed by atoms with Crippen LogP contribution in [0.3, 0.4) is 0 Å². The number of thiophene rings is 1. The first-order valence-corrected chi connectivity index (χ1v) is 4.58. The summed E-state index contributed by atoms with van der Waals surface area (Å²) in [5, 5.41) is 1.80. The zero-order chi connectivity index (χ0) is 9.35. The zero-order valence-electron chi connectivity index (χ0n) is 7.35. The summed E-state index contributed by atoms with van der Waals surface area (Å²) in [7, 11) is 0. The molecule has 0 fully saturated rings. The molecule has 0 amide bonds. The largest absolute Gasteiger partial charge is 0.290 e. The summed E-state index contributed by atoms with van der Waals surface area (Å²) in [5.41, 5.74) is -0.897. The number of ketones is 1. The number of carbonyl (C=O) groups excluding carboxylic acids is 1. The monoisotopic (exact) mass is 186 g/mol. The third-order valence-corrected chi connectivity index (χ3v) is 2.62. The molecule has 0 aromatic carbocycles. The molecule has 0 saturated carbocycles. The van der Waals surface area contributed by atoms with E-state index in [0.717, 1.165) is 5.56 Å². The van der Waals surface area contributed by atoms with Crippen LogP contribution in [0.25, 0.3) is 0 Å². The van der Waals surface area contributed by atoms with Crippen molar-refractivity contribution in [3.8, 4) is 0 Å². The Morgan fingerprint density at radius 1 is 1.58 bits per heavy atom. The topological polar surface area (TPSA) is 17.1 Å². The van der Waals surface area contributed by atoms with Gasteiger partial charge in [0.25, 0.3) is 0 Å². The van der Waals surface area contributed by atoms with E-state index in [0.29, 0.717) is 4.88 Å². The summed E-state index contributed by atoms with van der Waals surface area (Å²) >= 11 is 1.29. The Balaban J connectivity index is 3.01. The highest BCUT2D eigenvalue weighted by molar-refractivity contribution is 7.12. The Labute approximate surface area is 75.2 Å².